The molecule has 1 aliphatic carbocycles. The maximum atomic E-state index is 12.4. The Morgan fingerprint density at radius 1 is 0.952 bits per heavy atom. The summed E-state index contributed by atoms with van der Waals surface area (Å²) < 4.78 is 0. The minimum Gasteiger partial charge on any atom is -0.315 e. The molecule has 1 fully saturated rings. The molecule has 2 rings (SSSR count). The Bertz CT molecular complexity index is 606. The summed E-state index contributed by atoms with van der Waals surface area (Å²) in [6, 6.07) is 0. The van der Waals surface area contributed by atoms with Crippen molar-refractivity contribution in [1.29, 1.82) is 0 Å². The molecular weight excluding hydrogens is 274 g/mol. The van der Waals surface area contributed by atoms with Crippen LogP contribution < -0.4 is 27.6 Å². The van der Waals surface area contributed by atoms with E-state index in [0.29, 0.717) is 6.42 Å². The topological polar surface area (TPSA) is 43.1 Å². The van der Waals surface area contributed by atoms with Crippen molar-refractivity contribution in [3.8, 4) is 0 Å². The number of benzene rings is 1. The third-order valence-electron chi connectivity index (χ3n) is 4.01. The van der Waals surface area contributed by atoms with E-state index in [2.05, 4.69) is 0 Å². The van der Waals surface area contributed by atoms with Crippen molar-refractivity contribution in [3.05, 3.63) is 10.6 Å². The molecule has 0 spiro atoms. The number of nitrogens with two attached hydrogens (primary N) is 1. The Morgan fingerprint density at radius 2 is 1.48 bits per heavy atom. The van der Waals surface area contributed by atoms with E-state index in [1.165, 1.54) is 0 Å². The van der Waals surface area contributed by atoms with E-state index in [4.69, 9.17) is 64.4 Å². The molecule has 1 atom stereocenters. The van der Waals surface area contributed by atoms with Gasteiger partial charge in [0.1, 0.15) is 36.9 Å². The van der Waals surface area contributed by atoms with Crippen LogP contribution in [0.1, 0.15) is 24.8 Å². The van der Waals surface area contributed by atoms with Gasteiger partial charge < -0.3 is 5.73 Å². The van der Waals surface area contributed by atoms with Crippen molar-refractivity contribution < 1.29 is 4.79 Å². The van der Waals surface area contributed by atoms with Crippen LogP contribution in [0.25, 0.3) is 0 Å². The standard InChI is InChI=1S/C12H8B6ClNO/c13-6-5(10(19)9(16)8(15)7(6)14)12(20)2-1-11(17,18)3-4(12)21/h1-3,20H2. The normalized spacial score (nSPS) is 25.0. The second-order valence-corrected chi connectivity index (χ2v) is 6.03. The first-order valence-corrected chi connectivity index (χ1v) is 6.71. The predicted molar refractivity (Wildman–Crippen MR) is 91.9 cm³/mol. The van der Waals surface area contributed by atoms with Gasteiger partial charge in [0, 0.05) is 5.02 Å². The van der Waals surface area contributed by atoms with Gasteiger partial charge in [-0.2, -0.15) is 0 Å². The van der Waals surface area contributed by atoms with Gasteiger partial charge in [-0.25, -0.2) is 0 Å². The first-order valence-electron chi connectivity index (χ1n) is 6.33. The van der Waals surface area contributed by atoms with Crippen LogP contribution in [-0.2, 0) is 10.3 Å². The summed E-state index contributed by atoms with van der Waals surface area (Å²) in [5, 5.41) is -1.05. The monoisotopic (exact) mass is 283 g/mol. The Balaban J connectivity index is 2.65. The molecule has 12 radical (unpaired) electrons. The Morgan fingerprint density at radius 3 is 2.00 bits per heavy atom. The van der Waals surface area contributed by atoms with Crippen molar-refractivity contribution in [2.24, 2.45) is 5.73 Å². The van der Waals surface area contributed by atoms with Gasteiger partial charge in [-0.3, -0.25) is 4.79 Å². The molecule has 21 heavy (non-hydrogen) atoms. The largest absolute Gasteiger partial charge is 0.315 e. The molecule has 0 amide bonds. The van der Waals surface area contributed by atoms with Gasteiger partial charge in [0.2, 0.25) is 0 Å². The molecular formula is C12H8B6ClNO. The Kier molecular flexibility index (Phi) is 4.27. The van der Waals surface area contributed by atoms with Crippen molar-refractivity contribution in [2.75, 3.05) is 0 Å². The number of carbonyl (C=O) groups excluding carboxylic acids is 1. The number of ketones is 1. The van der Waals surface area contributed by atoms with E-state index in [9.17, 15) is 4.79 Å². The van der Waals surface area contributed by atoms with E-state index in [1.807, 2.05) is 0 Å². The molecule has 1 unspecified atom stereocenters. The maximum absolute atomic E-state index is 12.4. The molecule has 0 aliphatic heterocycles. The maximum Gasteiger partial charge on any atom is 0.156 e. The summed E-state index contributed by atoms with van der Waals surface area (Å²) in [6.45, 7) is 0. The predicted octanol–water partition coefficient (Wildman–Crippen LogP) is -3.12. The van der Waals surface area contributed by atoms with E-state index in [-0.39, 0.29) is 51.1 Å². The highest BCUT2D eigenvalue weighted by molar-refractivity contribution is 6.65. The molecule has 0 aromatic heterocycles. The zero-order chi connectivity index (χ0) is 16.2. The smallest absolute Gasteiger partial charge is 0.156 e. The van der Waals surface area contributed by atoms with Gasteiger partial charge in [-0.05, 0) is 18.4 Å². The average Bonchev–Trinajstić information content (AvgIpc) is 2.39. The lowest BCUT2D eigenvalue weighted by Gasteiger charge is -2.42. The summed E-state index contributed by atoms with van der Waals surface area (Å²) in [4.78, 5) is 12.4. The minimum atomic E-state index is -1.43. The molecule has 0 heterocycles. The fourth-order valence-corrected chi connectivity index (χ4v) is 2.98. The lowest BCUT2D eigenvalue weighted by atomic mass is 9.45. The van der Waals surface area contributed by atoms with Crippen LogP contribution in [0.4, 0.5) is 0 Å². The van der Waals surface area contributed by atoms with Crippen LogP contribution in [-0.4, -0.2) is 52.9 Å². The highest BCUT2D eigenvalue weighted by atomic mass is 35.5. The van der Waals surface area contributed by atoms with Gasteiger partial charge >= 0.3 is 0 Å². The average molecular weight is 283 g/mol. The summed E-state index contributed by atoms with van der Waals surface area (Å²) >= 11 is 6.20. The van der Waals surface area contributed by atoms with E-state index in [1.54, 1.807) is 0 Å². The van der Waals surface area contributed by atoms with Crippen LogP contribution in [0.5, 0.6) is 0 Å². The summed E-state index contributed by atoms with van der Waals surface area (Å²) in [5.74, 6) is -0.365. The van der Waals surface area contributed by atoms with Crippen molar-refractivity contribution in [1.82, 2.24) is 0 Å². The molecule has 1 saturated carbocycles. The molecule has 0 saturated heterocycles. The summed E-state index contributed by atoms with van der Waals surface area (Å²) in [5.41, 5.74) is 5.25. The molecule has 2 N–H and O–H groups in total. The lowest BCUT2D eigenvalue weighted by molar-refractivity contribution is -0.126. The summed E-state index contributed by atoms with van der Waals surface area (Å²) in [7, 11) is 34.9. The van der Waals surface area contributed by atoms with Crippen LogP contribution in [0.3, 0.4) is 0 Å². The number of halogens is 1. The first kappa shape index (κ1) is 16.9. The zero-order valence-corrected chi connectivity index (χ0v) is 12.2. The molecule has 1 aliphatic rings. The zero-order valence-electron chi connectivity index (χ0n) is 11.4. The number of carbonyl (C=O) groups is 1. The Labute approximate surface area is 137 Å². The SMILES string of the molecule is [B]c1c([B])c([B])c(C2(N)CCC([B])([B])CC2=O)c(Cl)c1[B]. The molecule has 9 heteroatoms. The van der Waals surface area contributed by atoms with Crippen LogP contribution in [0.15, 0.2) is 0 Å². The molecule has 92 valence electrons. The quantitative estimate of drug-likeness (QED) is 0.554. The molecule has 0 bridgehead atoms. The third-order valence-corrected chi connectivity index (χ3v) is 4.41. The summed E-state index contributed by atoms with van der Waals surface area (Å²) in [6.07, 6.45) is 0.421. The molecule has 1 aromatic rings. The fraction of sp³-hybridized carbons (Fsp3) is 0.417. The number of rotatable bonds is 1. The highest BCUT2D eigenvalue weighted by Gasteiger charge is 2.45. The van der Waals surface area contributed by atoms with Gasteiger partial charge in [0.25, 0.3) is 0 Å². The van der Waals surface area contributed by atoms with Crippen molar-refractivity contribution >= 4 is 86.3 Å². The van der Waals surface area contributed by atoms with Crippen LogP contribution in [0.2, 0.25) is 10.2 Å². The molecule has 2 nitrogen and oxygen atoms in total. The van der Waals surface area contributed by atoms with Crippen molar-refractivity contribution in [3.63, 3.8) is 0 Å². The van der Waals surface area contributed by atoms with Gasteiger partial charge in [0.05, 0.1) is 15.7 Å². The highest BCUT2D eigenvalue weighted by Crippen LogP contribution is 2.43. The van der Waals surface area contributed by atoms with E-state index in [0.717, 1.165) is 0 Å². The second-order valence-electron chi connectivity index (χ2n) is 5.65. The van der Waals surface area contributed by atoms with Crippen molar-refractivity contribution in [2.45, 2.75) is 30.0 Å². The first-order chi connectivity index (χ1) is 9.51. The second kappa shape index (κ2) is 5.31. The number of hydrogen-bond acceptors (Lipinski definition) is 2. The third kappa shape index (κ3) is 2.66. The van der Waals surface area contributed by atoms with Gasteiger partial charge in [-0.15, -0.1) is 10.9 Å². The fourth-order valence-electron chi connectivity index (χ4n) is 2.61. The van der Waals surface area contributed by atoms with E-state index >= 15 is 0 Å². The van der Waals surface area contributed by atoms with Crippen LogP contribution in [0, 0.1) is 0 Å². The molecule has 1 aromatic carbocycles. The van der Waals surface area contributed by atoms with Gasteiger partial charge in [0.15, 0.2) is 5.78 Å². The minimum absolute atomic E-state index is 0.0385. The number of Topliss-reactive ketones (excluding diaryl/α,β-unsaturated/α-hetero) is 1. The number of hydrogen-bond donors (Lipinski definition) is 1. The van der Waals surface area contributed by atoms with E-state index < -0.39 is 10.8 Å². The lowest BCUT2D eigenvalue weighted by Crippen LogP contribution is -2.58. The van der Waals surface area contributed by atoms with Gasteiger partial charge in [-0.1, -0.05) is 34.2 Å². The Hall–Kier alpha value is -0.470. The van der Waals surface area contributed by atoms with Crippen LogP contribution >= 0.6 is 11.6 Å².